The van der Waals surface area contributed by atoms with Crippen LogP contribution in [0.3, 0.4) is 0 Å². The number of thiophene rings is 1. The van der Waals surface area contributed by atoms with Crippen LogP contribution in [0.4, 0.5) is 0 Å². The fourth-order valence-corrected chi connectivity index (χ4v) is 2.31. The molecule has 0 saturated carbocycles. The Kier molecular flexibility index (Phi) is 5.35. The molecule has 3 N–H and O–H groups in total. The molecule has 1 heterocycles. The molecule has 0 aliphatic carbocycles. The van der Waals surface area contributed by atoms with Crippen LogP contribution in [0.2, 0.25) is 0 Å². The van der Waals surface area contributed by atoms with Crippen molar-refractivity contribution in [1.82, 2.24) is 0 Å². The van der Waals surface area contributed by atoms with E-state index in [1.54, 1.807) is 17.4 Å². The first-order valence-corrected chi connectivity index (χ1v) is 6.31. The zero-order valence-corrected chi connectivity index (χ0v) is 11.8. The lowest BCUT2D eigenvalue weighted by Crippen LogP contribution is -2.11. The number of benzene rings is 1. The largest absolute Gasteiger partial charge is 0.504 e. The summed E-state index contributed by atoms with van der Waals surface area (Å²) in [5.74, 6) is -0.419. The van der Waals surface area contributed by atoms with Gasteiger partial charge in [0, 0.05) is 6.92 Å². The number of phenolic OH excluding ortho intramolecular Hbond substituents is 1. The molecule has 2 aromatic rings. The molecule has 0 fully saturated rings. The average Bonchev–Trinajstić information content (AvgIpc) is 2.84. The zero-order chi connectivity index (χ0) is 13.1. The Balaban J connectivity index is 0.00000180. The van der Waals surface area contributed by atoms with Crippen LogP contribution in [0.25, 0.3) is 0 Å². The van der Waals surface area contributed by atoms with Crippen LogP contribution >= 0.6 is 23.7 Å². The quantitative estimate of drug-likeness (QED) is 0.675. The van der Waals surface area contributed by atoms with Gasteiger partial charge in [-0.2, -0.15) is 11.3 Å². The second-order valence-electron chi connectivity index (χ2n) is 3.86. The zero-order valence-electron chi connectivity index (χ0n) is 10.2. The first kappa shape index (κ1) is 15.5. The lowest BCUT2D eigenvalue weighted by molar-refractivity contribution is -0.132. The Morgan fingerprint density at radius 2 is 2.11 bits per heavy atom. The number of aromatic hydroxyl groups is 1. The molecule has 0 aliphatic heterocycles. The number of nitrogens with two attached hydrogens (primary N) is 1. The predicted octanol–water partition coefficient (Wildman–Crippen LogP) is 2.85. The average molecular weight is 300 g/mol. The number of rotatable bonds is 3. The standard InChI is InChI=1S/C13H13NO3S.ClH/c1-8(15)17-12-3-2-9(6-11(12)16)13(14)10-4-5-18-7-10;/h2-7,13,16H,14H2,1H3;1H/t13-;/m0./s1. The number of halogens is 1. The number of carbonyl (C=O) groups is 1. The van der Waals surface area contributed by atoms with Gasteiger partial charge in [-0.05, 0) is 40.1 Å². The van der Waals surface area contributed by atoms with Crippen molar-refractivity contribution in [2.24, 2.45) is 5.73 Å². The normalized spacial score (nSPS) is 11.5. The molecule has 1 atom stereocenters. The molecule has 0 amide bonds. The smallest absolute Gasteiger partial charge is 0.308 e. The number of esters is 1. The molecule has 0 radical (unpaired) electrons. The maximum absolute atomic E-state index is 10.8. The molecule has 0 aliphatic rings. The van der Waals surface area contributed by atoms with E-state index in [-0.39, 0.29) is 29.9 Å². The lowest BCUT2D eigenvalue weighted by Gasteiger charge is -2.12. The summed E-state index contributed by atoms with van der Waals surface area (Å²) in [6.45, 7) is 1.28. The highest BCUT2D eigenvalue weighted by Gasteiger charge is 2.13. The number of hydrogen-bond acceptors (Lipinski definition) is 5. The summed E-state index contributed by atoms with van der Waals surface area (Å²) < 4.78 is 4.84. The third-order valence-electron chi connectivity index (χ3n) is 2.50. The van der Waals surface area contributed by atoms with Crippen LogP contribution in [0.5, 0.6) is 11.5 Å². The first-order chi connectivity index (χ1) is 8.58. The minimum atomic E-state index is -0.472. The highest BCUT2D eigenvalue weighted by atomic mass is 35.5. The van der Waals surface area contributed by atoms with Crippen LogP contribution in [0.15, 0.2) is 35.0 Å². The third kappa shape index (κ3) is 3.70. The molecule has 0 bridgehead atoms. The molecule has 0 unspecified atom stereocenters. The van der Waals surface area contributed by atoms with Gasteiger partial charge in [0.2, 0.25) is 0 Å². The third-order valence-corrected chi connectivity index (χ3v) is 3.20. The van der Waals surface area contributed by atoms with E-state index in [4.69, 9.17) is 10.5 Å². The first-order valence-electron chi connectivity index (χ1n) is 5.37. The van der Waals surface area contributed by atoms with Crippen LogP contribution in [0.1, 0.15) is 24.1 Å². The SMILES string of the molecule is CC(=O)Oc1ccc([C@H](N)c2ccsc2)cc1O.Cl. The molecule has 6 heteroatoms. The summed E-state index contributed by atoms with van der Waals surface area (Å²) in [5, 5.41) is 13.7. The fourth-order valence-electron chi connectivity index (χ4n) is 1.61. The summed E-state index contributed by atoms with van der Waals surface area (Å²) in [7, 11) is 0. The number of phenols is 1. The van der Waals surface area contributed by atoms with Crippen LogP contribution in [0, 0.1) is 0 Å². The topological polar surface area (TPSA) is 72.5 Å². The van der Waals surface area contributed by atoms with E-state index in [0.717, 1.165) is 11.1 Å². The summed E-state index contributed by atoms with van der Waals surface area (Å²) in [5.41, 5.74) is 7.82. The van der Waals surface area contributed by atoms with E-state index in [1.807, 2.05) is 16.8 Å². The minimum absolute atomic E-state index is 0. The van der Waals surface area contributed by atoms with E-state index < -0.39 is 5.97 Å². The van der Waals surface area contributed by atoms with Crippen molar-refractivity contribution in [3.63, 3.8) is 0 Å². The fraction of sp³-hybridized carbons (Fsp3) is 0.154. The van der Waals surface area contributed by atoms with Crippen molar-refractivity contribution in [3.05, 3.63) is 46.2 Å². The van der Waals surface area contributed by atoms with Gasteiger partial charge in [-0.25, -0.2) is 0 Å². The van der Waals surface area contributed by atoms with Crippen molar-refractivity contribution in [1.29, 1.82) is 0 Å². The van der Waals surface area contributed by atoms with Crippen molar-refractivity contribution >= 4 is 29.7 Å². The summed E-state index contributed by atoms with van der Waals surface area (Å²) >= 11 is 1.57. The Morgan fingerprint density at radius 3 is 2.63 bits per heavy atom. The highest BCUT2D eigenvalue weighted by molar-refractivity contribution is 7.08. The van der Waals surface area contributed by atoms with Crippen molar-refractivity contribution in [3.8, 4) is 11.5 Å². The van der Waals surface area contributed by atoms with Gasteiger partial charge in [0.05, 0.1) is 6.04 Å². The molecule has 1 aromatic heterocycles. The molecular weight excluding hydrogens is 286 g/mol. The molecule has 1 aromatic carbocycles. The van der Waals surface area contributed by atoms with E-state index in [0.29, 0.717) is 0 Å². The second-order valence-corrected chi connectivity index (χ2v) is 4.64. The Bertz CT molecular complexity index is 557. The van der Waals surface area contributed by atoms with Gasteiger partial charge in [0.25, 0.3) is 0 Å². The predicted molar refractivity (Wildman–Crippen MR) is 77.0 cm³/mol. The molecular formula is C13H14ClNO3S. The maximum Gasteiger partial charge on any atom is 0.308 e. The van der Waals surface area contributed by atoms with Crippen molar-refractivity contribution in [2.45, 2.75) is 13.0 Å². The van der Waals surface area contributed by atoms with Crippen molar-refractivity contribution in [2.75, 3.05) is 0 Å². The number of hydrogen-bond donors (Lipinski definition) is 2. The minimum Gasteiger partial charge on any atom is -0.504 e. The van der Waals surface area contributed by atoms with Crippen LogP contribution < -0.4 is 10.5 Å². The summed E-state index contributed by atoms with van der Waals surface area (Å²) in [6.07, 6.45) is 0. The Labute approximate surface area is 121 Å². The monoisotopic (exact) mass is 299 g/mol. The Morgan fingerprint density at radius 1 is 1.37 bits per heavy atom. The molecule has 102 valence electrons. The molecule has 0 spiro atoms. The number of ether oxygens (including phenoxy) is 1. The molecule has 2 rings (SSSR count). The van der Waals surface area contributed by atoms with Crippen LogP contribution in [-0.2, 0) is 4.79 Å². The number of carbonyl (C=O) groups excluding carboxylic acids is 1. The van der Waals surface area contributed by atoms with Gasteiger partial charge in [-0.15, -0.1) is 12.4 Å². The van der Waals surface area contributed by atoms with Gasteiger partial charge in [-0.1, -0.05) is 6.07 Å². The molecule has 4 nitrogen and oxygen atoms in total. The van der Waals surface area contributed by atoms with E-state index in [9.17, 15) is 9.90 Å². The van der Waals surface area contributed by atoms with Crippen LogP contribution in [-0.4, -0.2) is 11.1 Å². The van der Waals surface area contributed by atoms with Gasteiger partial charge in [-0.3, -0.25) is 4.79 Å². The summed E-state index contributed by atoms with van der Waals surface area (Å²) in [6, 6.07) is 6.43. The van der Waals surface area contributed by atoms with Gasteiger partial charge >= 0.3 is 5.97 Å². The highest BCUT2D eigenvalue weighted by Crippen LogP contribution is 2.31. The van der Waals surface area contributed by atoms with Gasteiger partial charge in [0.1, 0.15) is 0 Å². The second kappa shape index (κ2) is 6.56. The van der Waals surface area contributed by atoms with Gasteiger partial charge < -0.3 is 15.6 Å². The van der Waals surface area contributed by atoms with E-state index in [2.05, 4.69) is 0 Å². The lowest BCUT2D eigenvalue weighted by atomic mass is 10.0. The Hall–Kier alpha value is -1.56. The molecule has 19 heavy (non-hydrogen) atoms. The maximum atomic E-state index is 10.8. The van der Waals surface area contributed by atoms with Gasteiger partial charge in [0.15, 0.2) is 11.5 Å². The van der Waals surface area contributed by atoms with E-state index in [1.165, 1.54) is 19.1 Å². The van der Waals surface area contributed by atoms with Crippen molar-refractivity contribution < 1.29 is 14.6 Å². The van der Waals surface area contributed by atoms with E-state index >= 15 is 0 Å². The molecule has 0 saturated heterocycles. The summed E-state index contributed by atoms with van der Waals surface area (Å²) in [4.78, 5) is 10.8.